The van der Waals surface area contributed by atoms with E-state index in [9.17, 15) is 4.79 Å². The largest absolute Gasteiger partial charge is 0.292 e. The minimum Gasteiger partial charge on any atom is -0.292 e. The van der Waals surface area contributed by atoms with Crippen LogP contribution in [0.15, 0.2) is 6.07 Å². The second-order valence-electron chi connectivity index (χ2n) is 4.04. The molecule has 2 rings (SSSR count). The van der Waals surface area contributed by atoms with Crippen LogP contribution >= 0.6 is 0 Å². The molecule has 0 amide bonds. The Morgan fingerprint density at radius 2 is 1.93 bits per heavy atom. The van der Waals surface area contributed by atoms with Gasteiger partial charge in [-0.25, -0.2) is 4.98 Å². The monoisotopic (exact) mass is 189 g/mol. The zero-order chi connectivity index (χ0) is 10.1. The van der Waals surface area contributed by atoms with E-state index in [0.29, 0.717) is 6.42 Å². The molecule has 0 unspecified atom stereocenters. The maximum absolute atomic E-state index is 11.7. The number of carbonyl (C=O) groups excluding carboxylic acids is 1. The molecule has 0 radical (unpaired) electrons. The summed E-state index contributed by atoms with van der Waals surface area (Å²) < 4.78 is 0. The molecule has 1 aliphatic carbocycles. The highest BCUT2D eigenvalue weighted by molar-refractivity contribution is 5.96. The Kier molecular flexibility index (Phi) is 2.36. The van der Waals surface area contributed by atoms with Gasteiger partial charge in [-0.1, -0.05) is 0 Å². The molecule has 1 heterocycles. The second-order valence-corrected chi connectivity index (χ2v) is 4.04. The molecule has 0 aliphatic heterocycles. The van der Waals surface area contributed by atoms with Gasteiger partial charge in [-0.2, -0.15) is 0 Å². The van der Waals surface area contributed by atoms with Gasteiger partial charge in [0.15, 0.2) is 5.78 Å². The van der Waals surface area contributed by atoms with Crippen LogP contribution in [0.3, 0.4) is 0 Å². The molecule has 2 heteroatoms. The lowest BCUT2D eigenvalue weighted by Gasteiger charge is -2.08. The minimum absolute atomic E-state index is 0.226. The first-order valence-electron chi connectivity index (χ1n) is 5.19. The van der Waals surface area contributed by atoms with Gasteiger partial charge in [0.2, 0.25) is 0 Å². The van der Waals surface area contributed by atoms with Gasteiger partial charge < -0.3 is 0 Å². The van der Waals surface area contributed by atoms with Crippen molar-refractivity contribution in [3.8, 4) is 0 Å². The number of rotatable bonds is 0. The van der Waals surface area contributed by atoms with Crippen molar-refractivity contribution in [2.45, 2.75) is 39.5 Å². The number of carbonyl (C=O) groups is 1. The summed E-state index contributed by atoms with van der Waals surface area (Å²) in [5, 5.41) is 0. The van der Waals surface area contributed by atoms with E-state index in [1.54, 1.807) is 0 Å². The lowest BCUT2D eigenvalue weighted by Crippen LogP contribution is -2.06. The van der Waals surface area contributed by atoms with Crippen molar-refractivity contribution in [1.29, 1.82) is 0 Å². The lowest BCUT2D eigenvalue weighted by atomic mass is 10.0. The first-order chi connectivity index (χ1) is 6.68. The molecule has 0 spiro atoms. The van der Waals surface area contributed by atoms with E-state index in [1.165, 1.54) is 11.1 Å². The summed E-state index contributed by atoms with van der Waals surface area (Å²) in [6.07, 6.45) is 3.81. The van der Waals surface area contributed by atoms with Crippen LogP contribution in [0.2, 0.25) is 0 Å². The summed E-state index contributed by atoms with van der Waals surface area (Å²) in [5.74, 6) is 0.226. The molecule has 1 aromatic rings. The maximum atomic E-state index is 11.7. The molecule has 0 bridgehead atoms. The van der Waals surface area contributed by atoms with Crippen LogP contribution in [0, 0.1) is 13.8 Å². The second kappa shape index (κ2) is 3.52. The number of Topliss-reactive ketones (excluding diaryl/α,β-unsaturated/α-hetero) is 1. The molecule has 0 saturated carbocycles. The Morgan fingerprint density at radius 3 is 2.71 bits per heavy atom. The number of nitrogens with zero attached hydrogens (tertiary/aromatic N) is 1. The zero-order valence-electron chi connectivity index (χ0n) is 8.76. The highest BCUT2D eigenvalue weighted by atomic mass is 16.1. The van der Waals surface area contributed by atoms with E-state index in [4.69, 9.17) is 0 Å². The van der Waals surface area contributed by atoms with E-state index >= 15 is 0 Å². The molecule has 0 fully saturated rings. The number of pyridine rings is 1. The Labute approximate surface area is 84.4 Å². The fourth-order valence-electron chi connectivity index (χ4n) is 2.12. The van der Waals surface area contributed by atoms with Crippen molar-refractivity contribution < 1.29 is 4.79 Å². The molecule has 0 saturated heterocycles. The Morgan fingerprint density at radius 1 is 1.21 bits per heavy atom. The summed E-state index contributed by atoms with van der Waals surface area (Å²) in [6.45, 7) is 4.03. The van der Waals surface area contributed by atoms with Gasteiger partial charge in [0.05, 0.1) is 0 Å². The first-order valence-corrected chi connectivity index (χ1v) is 5.19. The fraction of sp³-hybridized carbons (Fsp3) is 0.500. The zero-order valence-corrected chi connectivity index (χ0v) is 8.76. The molecule has 1 aliphatic rings. The van der Waals surface area contributed by atoms with Crippen molar-refractivity contribution >= 4 is 5.78 Å². The van der Waals surface area contributed by atoms with Crippen LogP contribution in [0.5, 0.6) is 0 Å². The number of ketones is 1. The van der Waals surface area contributed by atoms with Gasteiger partial charge in [0.25, 0.3) is 0 Å². The van der Waals surface area contributed by atoms with E-state index in [1.807, 2.05) is 6.92 Å². The number of aromatic nitrogens is 1. The predicted octanol–water partition coefficient (Wildman–Crippen LogP) is 2.61. The van der Waals surface area contributed by atoms with Gasteiger partial charge in [0, 0.05) is 12.1 Å². The molecule has 0 aromatic carbocycles. The van der Waals surface area contributed by atoms with E-state index < -0.39 is 0 Å². The topological polar surface area (TPSA) is 30.0 Å². The average Bonchev–Trinajstić information content (AvgIpc) is 2.29. The van der Waals surface area contributed by atoms with Crippen LogP contribution in [0.25, 0.3) is 0 Å². The maximum Gasteiger partial charge on any atom is 0.181 e. The number of aryl methyl sites for hydroxylation is 2. The van der Waals surface area contributed by atoms with Gasteiger partial charge >= 0.3 is 0 Å². The smallest absolute Gasteiger partial charge is 0.181 e. The van der Waals surface area contributed by atoms with Crippen molar-refractivity contribution in [3.05, 3.63) is 28.6 Å². The van der Waals surface area contributed by atoms with Crippen molar-refractivity contribution in [1.82, 2.24) is 4.98 Å². The fourth-order valence-corrected chi connectivity index (χ4v) is 2.12. The van der Waals surface area contributed by atoms with Crippen LogP contribution in [0.1, 0.15) is 46.6 Å². The molecular weight excluding hydrogens is 174 g/mol. The highest BCUT2D eigenvalue weighted by Gasteiger charge is 2.18. The van der Waals surface area contributed by atoms with Crippen LogP contribution in [-0.4, -0.2) is 10.8 Å². The highest BCUT2D eigenvalue weighted by Crippen LogP contribution is 2.22. The minimum atomic E-state index is 0.226. The molecule has 14 heavy (non-hydrogen) atoms. The van der Waals surface area contributed by atoms with Crippen molar-refractivity contribution in [2.24, 2.45) is 0 Å². The van der Waals surface area contributed by atoms with Crippen molar-refractivity contribution in [2.75, 3.05) is 0 Å². The van der Waals surface area contributed by atoms with Crippen molar-refractivity contribution in [3.63, 3.8) is 0 Å². The van der Waals surface area contributed by atoms with E-state index in [2.05, 4.69) is 18.0 Å². The van der Waals surface area contributed by atoms with Crippen LogP contribution < -0.4 is 0 Å². The summed E-state index contributed by atoms with van der Waals surface area (Å²) in [4.78, 5) is 16.1. The molecule has 1 aromatic heterocycles. The van der Waals surface area contributed by atoms with E-state index in [0.717, 1.165) is 30.7 Å². The summed E-state index contributed by atoms with van der Waals surface area (Å²) in [7, 11) is 0. The lowest BCUT2D eigenvalue weighted by molar-refractivity contribution is 0.0977. The Hall–Kier alpha value is -1.18. The SMILES string of the molecule is Cc1cc(C)c2c(n1)C(=O)CCCC2. The summed E-state index contributed by atoms with van der Waals surface area (Å²) >= 11 is 0. The van der Waals surface area contributed by atoms with Crippen LogP contribution in [-0.2, 0) is 6.42 Å². The normalized spacial score (nSPS) is 16.3. The average molecular weight is 189 g/mol. The van der Waals surface area contributed by atoms with Gasteiger partial charge in [-0.3, -0.25) is 4.79 Å². The molecule has 0 N–H and O–H groups in total. The predicted molar refractivity (Wildman–Crippen MR) is 55.6 cm³/mol. The third-order valence-electron chi connectivity index (χ3n) is 2.82. The van der Waals surface area contributed by atoms with E-state index in [-0.39, 0.29) is 5.78 Å². The summed E-state index contributed by atoms with van der Waals surface area (Å²) in [6, 6.07) is 2.07. The molecule has 74 valence electrons. The van der Waals surface area contributed by atoms with Gasteiger partial charge in [-0.05, 0) is 50.3 Å². The van der Waals surface area contributed by atoms with Crippen LogP contribution in [0.4, 0.5) is 0 Å². The molecule has 0 atom stereocenters. The van der Waals surface area contributed by atoms with Gasteiger partial charge in [-0.15, -0.1) is 0 Å². The number of fused-ring (bicyclic) bond motifs is 1. The number of hydrogen-bond acceptors (Lipinski definition) is 2. The number of hydrogen-bond donors (Lipinski definition) is 0. The Bertz CT molecular complexity index is 382. The molecular formula is C12H15NO. The standard InChI is InChI=1S/C12H15NO/c1-8-7-9(2)13-12-10(8)5-3-4-6-11(12)14/h7H,3-6H2,1-2H3. The Balaban J connectivity index is 2.58. The van der Waals surface area contributed by atoms with Gasteiger partial charge in [0.1, 0.15) is 5.69 Å². The first kappa shape index (κ1) is 9.38. The third kappa shape index (κ3) is 1.57. The third-order valence-corrected chi connectivity index (χ3v) is 2.82. The summed E-state index contributed by atoms with van der Waals surface area (Å²) in [5.41, 5.74) is 4.09. The quantitative estimate of drug-likeness (QED) is 0.587. The molecule has 2 nitrogen and oxygen atoms in total.